The Labute approximate surface area is 108 Å². The number of aliphatic hydroxyl groups is 1. The van der Waals surface area contributed by atoms with Crippen LogP contribution in [0.4, 0.5) is 0 Å². The van der Waals surface area contributed by atoms with Crippen molar-refractivity contribution in [2.24, 2.45) is 0 Å². The average Bonchev–Trinajstić information content (AvgIpc) is 2.42. The van der Waals surface area contributed by atoms with Gasteiger partial charge in [0.2, 0.25) is 0 Å². The highest BCUT2D eigenvalue weighted by Crippen LogP contribution is 2.09. The predicted octanol–water partition coefficient (Wildman–Crippen LogP) is 0.949. The number of carbonyl (C=O) groups is 1. The average molecular weight is 250 g/mol. The predicted molar refractivity (Wildman–Crippen MR) is 72.7 cm³/mol. The fourth-order valence-electron chi connectivity index (χ4n) is 1.76. The van der Waals surface area contributed by atoms with E-state index in [4.69, 9.17) is 5.11 Å². The van der Waals surface area contributed by atoms with Crippen LogP contribution in [0, 0.1) is 0 Å². The molecule has 18 heavy (non-hydrogen) atoms. The maximum atomic E-state index is 12.1. The quantitative estimate of drug-likeness (QED) is 0.675. The van der Waals surface area contributed by atoms with Gasteiger partial charge in [-0.3, -0.25) is 4.79 Å². The minimum atomic E-state index is -0.171. The van der Waals surface area contributed by atoms with Crippen molar-refractivity contribution in [1.82, 2.24) is 10.6 Å². The Morgan fingerprint density at radius 2 is 2.11 bits per heavy atom. The summed E-state index contributed by atoms with van der Waals surface area (Å²) in [4.78, 5) is 12.1. The summed E-state index contributed by atoms with van der Waals surface area (Å²) in [5.74, 6) is -0.109. The molecular formula is C14H22N2O2. The van der Waals surface area contributed by atoms with Crippen molar-refractivity contribution in [1.29, 1.82) is 0 Å². The molecule has 4 heteroatoms. The van der Waals surface area contributed by atoms with Gasteiger partial charge < -0.3 is 15.7 Å². The molecule has 1 rings (SSSR count). The zero-order valence-corrected chi connectivity index (χ0v) is 11.1. The Morgan fingerprint density at radius 1 is 1.39 bits per heavy atom. The molecule has 0 aliphatic carbocycles. The fraction of sp³-hybridized carbons (Fsp3) is 0.500. The van der Waals surface area contributed by atoms with Gasteiger partial charge in [0, 0.05) is 5.56 Å². The molecule has 1 aromatic rings. The van der Waals surface area contributed by atoms with Crippen LogP contribution in [0.3, 0.4) is 0 Å². The fourth-order valence-corrected chi connectivity index (χ4v) is 1.76. The second kappa shape index (κ2) is 7.84. The smallest absolute Gasteiger partial charge is 0.251 e. The first-order valence-electron chi connectivity index (χ1n) is 6.37. The standard InChI is InChI=1S/C14H22N2O2/c1-3-12(10-17)16-14(18)13-7-5-4-6-11(13)8-9-15-2/h4-7,12,15,17H,3,8-10H2,1-2H3,(H,16,18). The third-order valence-electron chi connectivity index (χ3n) is 2.95. The van der Waals surface area contributed by atoms with E-state index in [1.807, 2.05) is 38.2 Å². The van der Waals surface area contributed by atoms with E-state index < -0.39 is 0 Å². The summed E-state index contributed by atoms with van der Waals surface area (Å²) in [5.41, 5.74) is 1.72. The van der Waals surface area contributed by atoms with Crippen LogP contribution >= 0.6 is 0 Å². The van der Waals surface area contributed by atoms with E-state index in [1.54, 1.807) is 0 Å². The van der Waals surface area contributed by atoms with Gasteiger partial charge in [-0.25, -0.2) is 0 Å². The molecule has 0 aliphatic heterocycles. The Bertz CT molecular complexity index is 376. The molecule has 0 radical (unpaired) electrons. The molecule has 0 saturated heterocycles. The van der Waals surface area contributed by atoms with Gasteiger partial charge >= 0.3 is 0 Å². The maximum Gasteiger partial charge on any atom is 0.251 e. The van der Waals surface area contributed by atoms with Crippen LogP contribution in [0.15, 0.2) is 24.3 Å². The second-order valence-electron chi connectivity index (χ2n) is 4.27. The van der Waals surface area contributed by atoms with Crippen LogP contribution in [0.1, 0.15) is 29.3 Å². The van der Waals surface area contributed by atoms with Crippen LogP contribution in [0.5, 0.6) is 0 Å². The number of amides is 1. The second-order valence-corrected chi connectivity index (χ2v) is 4.27. The maximum absolute atomic E-state index is 12.1. The van der Waals surface area contributed by atoms with Gasteiger partial charge in [-0.2, -0.15) is 0 Å². The van der Waals surface area contributed by atoms with Crippen molar-refractivity contribution in [2.75, 3.05) is 20.2 Å². The van der Waals surface area contributed by atoms with E-state index in [0.717, 1.165) is 24.9 Å². The first kappa shape index (κ1) is 14.7. The molecule has 1 aromatic carbocycles. The van der Waals surface area contributed by atoms with Gasteiger partial charge in [0.15, 0.2) is 0 Å². The van der Waals surface area contributed by atoms with Gasteiger partial charge in [0.25, 0.3) is 5.91 Å². The van der Waals surface area contributed by atoms with Crippen LogP contribution in [0.2, 0.25) is 0 Å². The molecule has 1 unspecified atom stereocenters. The van der Waals surface area contributed by atoms with E-state index in [9.17, 15) is 4.79 Å². The zero-order valence-electron chi connectivity index (χ0n) is 11.1. The lowest BCUT2D eigenvalue weighted by Gasteiger charge is -2.15. The summed E-state index contributed by atoms with van der Waals surface area (Å²) in [5, 5.41) is 15.0. The SMILES string of the molecule is CCC(CO)NC(=O)c1ccccc1CCNC. The zero-order chi connectivity index (χ0) is 13.4. The molecule has 100 valence electrons. The molecule has 0 aliphatic rings. The van der Waals surface area contributed by atoms with E-state index >= 15 is 0 Å². The molecule has 4 nitrogen and oxygen atoms in total. The summed E-state index contributed by atoms with van der Waals surface area (Å²) in [6.07, 6.45) is 1.54. The molecule has 0 bridgehead atoms. The number of likely N-dealkylation sites (N-methyl/N-ethyl adjacent to an activating group) is 1. The Hall–Kier alpha value is -1.39. The van der Waals surface area contributed by atoms with Crippen LogP contribution in [-0.2, 0) is 6.42 Å². The molecule has 0 fully saturated rings. The highest BCUT2D eigenvalue weighted by Gasteiger charge is 2.13. The van der Waals surface area contributed by atoms with Gasteiger partial charge in [-0.1, -0.05) is 25.1 Å². The number of nitrogens with one attached hydrogen (secondary N) is 2. The third-order valence-corrected chi connectivity index (χ3v) is 2.95. The van der Waals surface area contributed by atoms with Crippen molar-refractivity contribution >= 4 is 5.91 Å². The topological polar surface area (TPSA) is 61.4 Å². The highest BCUT2D eigenvalue weighted by atomic mass is 16.3. The van der Waals surface area contributed by atoms with Crippen LogP contribution < -0.4 is 10.6 Å². The number of carbonyl (C=O) groups excluding carboxylic acids is 1. The first-order valence-corrected chi connectivity index (χ1v) is 6.37. The van der Waals surface area contributed by atoms with Gasteiger partial charge in [0.05, 0.1) is 12.6 Å². The number of benzene rings is 1. The van der Waals surface area contributed by atoms with Crippen molar-refractivity contribution in [3.05, 3.63) is 35.4 Å². The summed E-state index contributed by atoms with van der Waals surface area (Å²) in [7, 11) is 1.89. The summed E-state index contributed by atoms with van der Waals surface area (Å²) in [6, 6.07) is 7.41. The van der Waals surface area contributed by atoms with E-state index in [1.165, 1.54) is 0 Å². The van der Waals surface area contributed by atoms with E-state index in [-0.39, 0.29) is 18.6 Å². The van der Waals surface area contributed by atoms with Crippen molar-refractivity contribution in [2.45, 2.75) is 25.8 Å². The van der Waals surface area contributed by atoms with E-state index in [2.05, 4.69) is 10.6 Å². The first-order chi connectivity index (χ1) is 8.72. The Kier molecular flexibility index (Phi) is 6.39. The molecular weight excluding hydrogens is 228 g/mol. The van der Waals surface area contributed by atoms with Crippen molar-refractivity contribution < 1.29 is 9.90 Å². The lowest BCUT2D eigenvalue weighted by atomic mass is 10.0. The molecule has 0 aromatic heterocycles. The Morgan fingerprint density at radius 3 is 2.72 bits per heavy atom. The van der Waals surface area contributed by atoms with Crippen molar-refractivity contribution in [3.63, 3.8) is 0 Å². The lowest BCUT2D eigenvalue weighted by molar-refractivity contribution is 0.0914. The molecule has 0 heterocycles. The minimum Gasteiger partial charge on any atom is -0.394 e. The van der Waals surface area contributed by atoms with Gasteiger partial charge in [0.1, 0.15) is 0 Å². The third kappa shape index (κ3) is 4.13. The number of hydrogen-bond acceptors (Lipinski definition) is 3. The van der Waals surface area contributed by atoms with Crippen LogP contribution in [0.25, 0.3) is 0 Å². The number of aliphatic hydroxyl groups excluding tert-OH is 1. The molecule has 3 N–H and O–H groups in total. The summed E-state index contributed by atoms with van der Waals surface area (Å²) >= 11 is 0. The molecule has 0 spiro atoms. The highest BCUT2D eigenvalue weighted by molar-refractivity contribution is 5.95. The van der Waals surface area contributed by atoms with Crippen LogP contribution in [-0.4, -0.2) is 37.3 Å². The van der Waals surface area contributed by atoms with E-state index in [0.29, 0.717) is 5.56 Å². The largest absolute Gasteiger partial charge is 0.394 e. The van der Waals surface area contributed by atoms with Gasteiger partial charge in [-0.05, 0) is 38.1 Å². The minimum absolute atomic E-state index is 0.0269. The summed E-state index contributed by atoms with van der Waals surface area (Å²) in [6.45, 7) is 2.75. The monoisotopic (exact) mass is 250 g/mol. The molecule has 0 saturated carbocycles. The molecule has 1 atom stereocenters. The lowest BCUT2D eigenvalue weighted by Crippen LogP contribution is -2.37. The summed E-state index contributed by atoms with van der Waals surface area (Å²) < 4.78 is 0. The van der Waals surface area contributed by atoms with Gasteiger partial charge in [-0.15, -0.1) is 0 Å². The van der Waals surface area contributed by atoms with Crippen molar-refractivity contribution in [3.8, 4) is 0 Å². The Balaban J connectivity index is 2.77. The normalized spacial score (nSPS) is 12.2. The number of rotatable bonds is 7. The molecule has 1 amide bonds. The number of hydrogen-bond donors (Lipinski definition) is 3.